The average molecular weight is 232 g/mol. The van der Waals surface area contributed by atoms with E-state index in [0.29, 0.717) is 12.6 Å². The van der Waals surface area contributed by atoms with Crippen molar-refractivity contribution in [2.75, 3.05) is 19.3 Å². The van der Waals surface area contributed by atoms with E-state index in [2.05, 4.69) is 22.2 Å². The molecule has 1 rings (SSSR count). The van der Waals surface area contributed by atoms with Crippen molar-refractivity contribution in [3.8, 4) is 0 Å². The summed E-state index contributed by atoms with van der Waals surface area (Å²) in [5.41, 5.74) is 0. The zero-order chi connectivity index (χ0) is 11.1. The lowest BCUT2D eigenvalue weighted by Gasteiger charge is -2.17. The van der Waals surface area contributed by atoms with Crippen molar-refractivity contribution in [2.24, 2.45) is 0 Å². The molecule has 4 nitrogen and oxygen atoms in total. The summed E-state index contributed by atoms with van der Waals surface area (Å²) in [5, 5.41) is 3.39. The van der Waals surface area contributed by atoms with Crippen LogP contribution in [0.15, 0.2) is 12.2 Å². The van der Waals surface area contributed by atoms with Crippen LogP contribution in [0.5, 0.6) is 0 Å². The van der Waals surface area contributed by atoms with Crippen LogP contribution in [0, 0.1) is 0 Å². The molecule has 0 bridgehead atoms. The largest absolute Gasteiger partial charge is 0.310 e. The third-order valence-corrected chi connectivity index (χ3v) is 3.11. The molecule has 0 aromatic carbocycles. The molecule has 0 aromatic rings. The Hall–Kier alpha value is -0.390. The zero-order valence-corrected chi connectivity index (χ0v) is 10.0. The summed E-state index contributed by atoms with van der Waals surface area (Å²) in [5.74, 6) is 0. The first-order chi connectivity index (χ1) is 7.08. The summed E-state index contributed by atoms with van der Waals surface area (Å²) < 4.78 is 24.0. The average Bonchev–Trinajstić information content (AvgIpc) is 2.17. The fourth-order valence-corrected chi connectivity index (χ4v) is 2.13. The maximum atomic E-state index is 10.8. The molecule has 0 amide bonds. The van der Waals surface area contributed by atoms with E-state index < -0.39 is 10.0 Å². The summed E-state index contributed by atoms with van der Waals surface area (Å²) in [6.45, 7) is 1.37. The molecule has 0 saturated heterocycles. The third kappa shape index (κ3) is 6.65. The minimum Gasteiger partial charge on any atom is -0.310 e. The molecule has 1 aliphatic rings. The Balaban J connectivity index is 2.01. The van der Waals surface area contributed by atoms with Gasteiger partial charge in [-0.2, -0.15) is 0 Å². The van der Waals surface area contributed by atoms with Crippen LogP contribution >= 0.6 is 0 Å². The predicted octanol–water partition coefficient (Wildman–Crippen LogP) is 0.624. The van der Waals surface area contributed by atoms with E-state index in [1.807, 2.05) is 0 Å². The van der Waals surface area contributed by atoms with Crippen molar-refractivity contribution >= 4 is 10.0 Å². The summed E-state index contributed by atoms with van der Waals surface area (Å²) in [6.07, 6.45) is 10.0. The van der Waals surface area contributed by atoms with Gasteiger partial charge in [0.15, 0.2) is 0 Å². The van der Waals surface area contributed by atoms with Gasteiger partial charge in [0, 0.05) is 12.6 Å². The normalized spacial score (nSPS) is 21.8. The maximum absolute atomic E-state index is 10.8. The fourth-order valence-electron chi connectivity index (χ4n) is 1.62. The molecule has 1 atom stereocenters. The van der Waals surface area contributed by atoms with Gasteiger partial charge in [0.1, 0.15) is 0 Å². The van der Waals surface area contributed by atoms with E-state index in [4.69, 9.17) is 0 Å². The molecule has 88 valence electrons. The third-order valence-electron chi connectivity index (χ3n) is 2.38. The number of hydrogen-bond donors (Lipinski definition) is 2. The highest BCUT2D eigenvalue weighted by Crippen LogP contribution is 2.09. The lowest BCUT2D eigenvalue weighted by Crippen LogP contribution is -2.32. The minimum absolute atomic E-state index is 0.483. The standard InChI is InChI=1S/C10H20N2O2S/c1-15(13,14)12-9-5-8-11-10-6-3-2-4-7-10/h3,6,10-12H,2,4-5,7-9H2,1H3. The van der Waals surface area contributed by atoms with Gasteiger partial charge in [-0.1, -0.05) is 12.2 Å². The van der Waals surface area contributed by atoms with Gasteiger partial charge in [-0.05, 0) is 32.2 Å². The van der Waals surface area contributed by atoms with Gasteiger partial charge in [0.25, 0.3) is 0 Å². The van der Waals surface area contributed by atoms with Crippen LogP contribution in [0.4, 0.5) is 0 Å². The van der Waals surface area contributed by atoms with Crippen molar-refractivity contribution in [1.29, 1.82) is 0 Å². The quantitative estimate of drug-likeness (QED) is 0.521. The molecule has 5 heteroatoms. The number of rotatable bonds is 6. The molecule has 0 aliphatic heterocycles. The Labute approximate surface area is 92.2 Å². The molecule has 0 radical (unpaired) electrons. The highest BCUT2D eigenvalue weighted by molar-refractivity contribution is 7.88. The molecule has 0 fully saturated rings. The first kappa shape index (κ1) is 12.7. The van der Waals surface area contributed by atoms with E-state index in [0.717, 1.165) is 13.0 Å². The van der Waals surface area contributed by atoms with Crippen LogP contribution in [0.25, 0.3) is 0 Å². The zero-order valence-electron chi connectivity index (χ0n) is 9.20. The van der Waals surface area contributed by atoms with E-state index in [1.165, 1.54) is 25.5 Å². The van der Waals surface area contributed by atoms with Gasteiger partial charge in [0.2, 0.25) is 10.0 Å². The highest BCUT2D eigenvalue weighted by atomic mass is 32.2. The smallest absolute Gasteiger partial charge is 0.208 e. The van der Waals surface area contributed by atoms with Crippen LogP contribution in [-0.4, -0.2) is 33.8 Å². The predicted molar refractivity (Wildman–Crippen MR) is 62.2 cm³/mol. The second-order valence-corrected chi connectivity index (χ2v) is 5.77. The van der Waals surface area contributed by atoms with Gasteiger partial charge < -0.3 is 5.32 Å². The van der Waals surface area contributed by atoms with Crippen molar-refractivity contribution in [1.82, 2.24) is 10.0 Å². The van der Waals surface area contributed by atoms with E-state index in [9.17, 15) is 8.42 Å². The SMILES string of the molecule is CS(=O)(=O)NCCCNC1C=CCCC1. The first-order valence-corrected chi connectivity index (χ1v) is 7.32. The first-order valence-electron chi connectivity index (χ1n) is 5.42. The Kier molecular flexibility index (Phi) is 5.28. The molecule has 2 N–H and O–H groups in total. The van der Waals surface area contributed by atoms with Gasteiger partial charge in [0.05, 0.1) is 6.26 Å². The van der Waals surface area contributed by atoms with Crippen molar-refractivity contribution < 1.29 is 8.42 Å². The second-order valence-electron chi connectivity index (χ2n) is 3.94. The van der Waals surface area contributed by atoms with Crippen LogP contribution < -0.4 is 10.0 Å². The van der Waals surface area contributed by atoms with Crippen molar-refractivity contribution in [3.05, 3.63) is 12.2 Å². The maximum Gasteiger partial charge on any atom is 0.208 e. The minimum atomic E-state index is -3.02. The summed E-state index contributed by atoms with van der Waals surface area (Å²) in [6, 6.07) is 0.483. The molecule has 1 unspecified atom stereocenters. The number of allylic oxidation sites excluding steroid dienone is 1. The molecule has 15 heavy (non-hydrogen) atoms. The lowest BCUT2D eigenvalue weighted by molar-refractivity contribution is 0.512. The number of sulfonamides is 1. The van der Waals surface area contributed by atoms with Crippen LogP contribution in [-0.2, 0) is 10.0 Å². The molecular weight excluding hydrogens is 212 g/mol. The van der Waals surface area contributed by atoms with E-state index in [1.54, 1.807) is 0 Å². The number of nitrogens with one attached hydrogen (secondary N) is 2. The topological polar surface area (TPSA) is 58.2 Å². The van der Waals surface area contributed by atoms with Crippen molar-refractivity contribution in [3.63, 3.8) is 0 Å². The highest BCUT2D eigenvalue weighted by Gasteiger charge is 2.06. The van der Waals surface area contributed by atoms with Gasteiger partial charge >= 0.3 is 0 Å². The number of hydrogen-bond acceptors (Lipinski definition) is 3. The Morgan fingerprint density at radius 2 is 2.20 bits per heavy atom. The summed E-state index contributed by atoms with van der Waals surface area (Å²) in [7, 11) is -3.02. The molecule has 0 saturated carbocycles. The van der Waals surface area contributed by atoms with Crippen LogP contribution in [0.3, 0.4) is 0 Å². The molecule has 0 heterocycles. The molecule has 0 spiro atoms. The molecular formula is C10H20N2O2S. The van der Waals surface area contributed by atoms with Gasteiger partial charge in [-0.3, -0.25) is 0 Å². The Morgan fingerprint density at radius 1 is 1.40 bits per heavy atom. The van der Waals surface area contributed by atoms with Crippen LogP contribution in [0.2, 0.25) is 0 Å². The summed E-state index contributed by atoms with van der Waals surface area (Å²) >= 11 is 0. The van der Waals surface area contributed by atoms with Gasteiger partial charge in [-0.15, -0.1) is 0 Å². The Morgan fingerprint density at radius 3 is 2.80 bits per heavy atom. The van der Waals surface area contributed by atoms with Crippen LogP contribution in [0.1, 0.15) is 25.7 Å². The summed E-state index contributed by atoms with van der Waals surface area (Å²) in [4.78, 5) is 0. The van der Waals surface area contributed by atoms with E-state index >= 15 is 0 Å². The molecule has 1 aliphatic carbocycles. The van der Waals surface area contributed by atoms with Gasteiger partial charge in [-0.25, -0.2) is 13.1 Å². The second kappa shape index (κ2) is 6.25. The molecule has 0 aromatic heterocycles. The van der Waals surface area contributed by atoms with Crippen molar-refractivity contribution in [2.45, 2.75) is 31.7 Å². The monoisotopic (exact) mass is 232 g/mol. The lowest BCUT2D eigenvalue weighted by atomic mass is 10.0. The fraction of sp³-hybridized carbons (Fsp3) is 0.800. The van der Waals surface area contributed by atoms with E-state index in [-0.39, 0.29) is 0 Å². The Bertz CT molecular complexity index is 299.